The molecule has 1 aromatic rings. The second-order valence-corrected chi connectivity index (χ2v) is 5.44. The minimum Gasteiger partial charge on any atom is -0.450 e. The molecule has 2 N–H and O–H groups in total. The smallest absolute Gasteiger partial charge is 0.409 e. The maximum Gasteiger partial charge on any atom is 0.409 e. The van der Waals surface area contributed by atoms with Crippen molar-refractivity contribution in [3.05, 3.63) is 29.6 Å². The van der Waals surface area contributed by atoms with Gasteiger partial charge in [0.1, 0.15) is 5.82 Å². The van der Waals surface area contributed by atoms with Crippen LogP contribution in [0.2, 0.25) is 0 Å². The number of benzene rings is 1. The summed E-state index contributed by atoms with van der Waals surface area (Å²) in [5, 5.41) is 0. The van der Waals surface area contributed by atoms with Gasteiger partial charge in [-0.3, -0.25) is 9.69 Å². The van der Waals surface area contributed by atoms with Gasteiger partial charge in [-0.25, -0.2) is 9.18 Å². The molecule has 0 aromatic heterocycles. The number of carbonyl (C=O) groups excluding carboxylic acids is 2. The number of hydrogen-bond acceptors (Lipinski definition) is 5. The highest BCUT2D eigenvalue weighted by molar-refractivity contribution is 5.96. The summed E-state index contributed by atoms with van der Waals surface area (Å²) in [4.78, 5) is 27.5. The maximum absolute atomic E-state index is 13.1. The lowest BCUT2D eigenvalue weighted by molar-refractivity contribution is 0.0764. The lowest BCUT2D eigenvalue weighted by atomic mass is 10.1. The fourth-order valence-corrected chi connectivity index (χ4v) is 2.49. The molecule has 6 nitrogen and oxygen atoms in total. The van der Waals surface area contributed by atoms with Crippen molar-refractivity contribution >= 4 is 17.6 Å². The average Bonchev–Trinajstić information content (AvgIpc) is 2.56. The highest BCUT2D eigenvalue weighted by Crippen LogP contribution is 2.14. The molecule has 1 saturated heterocycles. The van der Waals surface area contributed by atoms with Gasteiger partial charge in [0.05, 0.1) is 12.3 Å². The summed E-state index contributed by atoms with van der Waals surface area (Å²) in [5.74, 6) is -0.582. The van der Waals surface area contributed by atoms with E-state index in [4.69, 9.17) is 10.5 Å². The van der Waals surface area contributed by atoms with Gasteiger partial charge in [0.25, 0.3) is 0 Å². The lowest BCUT2D eigenvalue weighted by Crippen LogP contribution is -2.49. The van der Waals surface area contributed by atoms with Gasteiger partial charge in [-0.2, -0.15) is 0 Å². The van der Waals surface area contributed by atoms with Crippen LogP contribution in [0.25, 0.3) is 0 Å². The third-order valence-electron chi connectivity index (χ3n) is 3.87. The van der Waals surface area contributed by atoms with E-state index in [9.17, 15) is 14.0 Å². The molecule has 1 aromatic carbocycles. The van der Waals surface area contributed by atoms with E-state index in [2.05, 4.69) is 4.90 Å². The van der Waals surface area contributed by atoms with E-state index >= 15 is 0 Å². The first-order valence-corrected chi connectivity index (χ1v) is 7.73. The Morgan fingerprint density at radius 1 is 1.26 bits per heavy atom. The molecule has 1 amide bonds. The number of amides is 1. The predicted octanol–water partition coefficient (Wildman–Crippen LogP) is 1.75. The van der Waals surface area contributed by atoms with Gasteiger partial charge in [-0.15, -0.1) is 0 Å². The standard InChI is InChI=1S/C16H22FN3O3/c1-2-23-16(22)20-9-7-19(8-10-20)6-5-15(21)12-3-4-13(17)14(18)11-12/h3-4,11H,2,5-10,18H2,1H3. The number of ketones is 1. The van der Waals surface area contributed by atoms with E-state index in [-0.39, 0.29) is 17.6 Å². The number of halogens is 1. The molecule has 0 unspecified atom stereocenters. The van der Waals surface area contributed by atoms with Crippen molar-refractivity contribution in [3.8, 4) is 0 Å². The van der Waals surface area contributed by atoms with Crippen LogP contribution in [0.15, 0.2) is 18.2 Å². The molecule has 23 heavy (non-hydrogen) atoms. The number of nitrogen functional groups attached to an aromatic ring is 1. The first-order chi connectivity index (χ1) is 11.0. The van der Waals surface area contributed by atoms with E-state index in [1.165, 1.54) is 18.2 Å². The normalized spacial score (nSPS) is 15.5. The fraction of sp³-hybridized carbons (Fsp3) is 0.500. The lowest BCUT2D eigenvalue weighted by Gasteiger charge is -2.33. The van der Waals surface area contributed by atoms with Crippen molar-refractivity contribution in [1.29, 1.82) is 0 Å². The molecule has 2 rings (SSSR count). The molecule has 1 aliphatic heterocycles. The van der Waals surface area contributed by atoms with Crippen LogP contribution in [0.1, 0.15) is 23.7 Å². The highest BCUT2D eigenvalue weighted by atomic mass is 19.1. The summed E-state index contributed by atoms with van der Waals surface area (Å²) in [5.41, 5.74) is 5.89. The average molecular weight is 323 g/mol. The van der Waals surface area contributed by atoms with E-state index in [0.29, 0.717) is 51.3 Å². The minimum atomic E-state index is -0.517. The number of hydrogen-bond donors (Lipinski definition) is 1. The molecule has 0 atom stereocenters. The first-order valence-electron chi connectivity index (χ1n) is 7.73. The van der Waals surface area contributed by atoms with Crippen LogP contribution in [0, 0.1) is 5.82 Å². The third kappa shape index (κ3) is 4.66. The molecule has 126 valence electrons. The monoisotopic (exact) mass is 323 g/mol. The number of piperazine rings is 1. The zero-order valence-corrected chi connectivity index (χ0v) is 13.3. The van der Waals surface area contributed by atoms with Crippen LogP contribution >= 0.6 is 0 Å². The number of nitrogens with two attached hydrogens (primary N) is 1. The van der Waals surface area contributed by atoms with Crippen LogP contribution in [0.4, 0.5) is 14.9 Å². The van der Waals surface area contributed by atoms with Gasteiger partial charge in [0.15, 0.2) is 5.78 Å². The Kier molecular flexibility index (Phi) is 5.92. The number of anilines is 1. The Hall–Kier alpha value is -2.15. The highest BCUT2D eigenvalue weighted by Gasteiger charge is 2.22. The topological polar surface area (TPSA) is 75.9 Å². The van der Waals surface area contributed by atoms with Crippen molar-refractivity contribution in [2.45, 2.75) is 13.3 Å². The van der Waals surface area contributed by atoms with Crippen molar-refractivity contribution in [2.75, 3.05) is 45.1 Å². The van der Waals surface area contributed by atoms with Crippen molar-refractivity contribution in [1.82, 2.24) is 9.80 Å². The largest absolute Gasteiger partial charge is 0.450 e. The van der Waals surface area contributed by atoms with Crippen LogP contribution in [-0.2, 0) is 4.74 Å². The molecular formula is C16H22FN3O3. The summed E-state index contributed by atoms with van der Waals surface area (Å²) >= 11 is 0. The Bertz CT molecular complexity index is 572. The zero-order valence-electron chi connectivity index (χ0n) is 13.3. The first kappa shape index (κ1) is 17.2. The molecule has 0 spiro atoms. The molecule has 1 fully saturated rings. The summed E-state index contributed by atoms with van der Waals surface area (Å²) < 4.78 is 18.1. The molecular weight excluding hydrogens is 301 g/mol. The van der Waals surface area contributed by atoms with E-state index in [1.807, 2.05) is 0 Å². The summed E-state index contributed by atoms with van der Waals surface area (Å²) in [6.07, 6.45) is 0.0508. The third-order valence-corrected chi connectivity index (χ3v) is 3.87. The Balaban J connectivity index is 1.77. The van der Waals surface area contributed by atoms with Crippen molar-refractivity contribution in [3.63, 3.8) is 0 Å². The van der Waals surface area contributed by atoms with Crippen LogP contribution in [-0.4, -0.2) is 61.0 Å². The Morgan fingerprint density at radius 2 is 1.96 bits per heavy atom. The van der Waals surface area contributed by atoms with Gasteiger partial charge in [0, 0.05) is 44.7 Å². The maximum atomic E-state index is 13.1. The zero-order chi connectivity index (χ0) is 16.8. The number of rotatable bonds is 5. The van der Waals surface area contributed by atoms with Gasteiger partial charge in [0.2, 0.25) is 0 Å². The van der Waals surface area contributed by atoms with Crippen molar-refractivity contribution < 1.29 is 18.7 Å². The SMILES string of the molecule is CCOC(=O)N1CCN(CCC(=O)c2ccc(F)c(N)c2)CC1. The number of ether oxygens (including phenoxy) is 1. The Labute approximate surface area is 135 Å². The number of Topliss-reactive ketones (excluding diaryl/α,β-unsaturated/α-hetero) is 1. The van der Waals surface area contributed by atoms with Crippen molar-refractivity contribution in [2.24, 2.45) is 0 Å². The summed E-state index contributed by atoms with van der Waals surface area (Å²) in [6, 6.07) is 4.03. The minimum absolute atomic E-state index is 0.0149. The van der Waals surface area contributed by atoms with E-state index in [0.717, 1.165) is 0 Å². The van der Waals surface area contributed by atoms with Crippen LogP contribution in [0.3, 0.4) is 0 Å². The van der Waals surface area contributed by atoms with Crippen LogP contribution < -0.4 is 5.73 Å². The van der Waals surface area contributed by atoms with Gasteiger partial charge < -0.3 is 15.4 Å². The molecule has 7 heteroatoms. The predicted molar refractivity (Wildman–Crippen MR) is 84.8 cm³/mol. The molecule has 1 aliphatic rings. The molecule has 0 radical (unpaired) electrons. The van der Waals surface area contributed by atoms with Crippen LogP contribution in [0.5, 0.6) is 0 Å². The van der Waals surface area contributed by atoms with Gasteiger partial charge in [-0.05, 0) is 25.1 Å². The van der Waals surface area contributed by atoms with Gasteiger partial charge >= 0.3 is 6.09 Å². The second kappa shape index (κ2) is 7.92. The summed E-state index contributed by atoms with van der Waals surface area (Å²) in [6.45, 7) is 5.35. The molecule has 0 aliphatic carbocycles. The molecule has 0 bridgehead atoms. The summed E-state index contributed by atoms with van der Waals surface area (Å²) in [7, 11) is 0. The second-order valence-electron chi connectivity index (χ2n) is 5.44. The van der Waals surface area contributed by atoms with E-state index in [1.54, 1.807) is 11.8 Å². The van der Waals surface area contributed by atoms with Gasteiger partial charge in [-0.1, -0.05) is 0 Å². The quantitative estimate of drug-likeness (QED) is 0.660. The molecule has 0 saturated carbocycles. The van der Waals surface area contributed by atoms with E-state index < -0.39 is 5.82 Å². The molecule has 1 heterocycles. The fourth-order valence-electron chi connectivity index (χ4n) is 2.49. The number of nitrogens with zero attached hydrogens (tertiary/aromatic N) is 2. The Morgan fingerprint density at radius 3 is 2.57 bits per heavy atom. The number of carbonyl (C=O) groups is 2.